The Balaban J connectivity index is 1.62. The predicted molar refractivity (Wildman–Crippen MR) is 97.5 cm³/mol. The lowest BCUT2D eigenvalue weighted by molar-refractivity contribution is -0.118. The van der Waals surface area contributed by atoms with Gasteiger partial charge >= 0.3 is 0 Å². The number of amides is 2. The van der Waals surface area contributed by atoms with E-state index < -0.39 is 5.91 Å². The third kappa shape index (κ3) is 4.87. The molecule has 25 heavy (non-hydrogen) atoms. The average molecular weight is 379 g/mol. The van der Waals surface area contributed by atoms with Crippen LogP contribution in [0.1, 0.15) is 23.2 Å². The molecule has 1 aliphatic carbocycles. The minimum absolute atomic E-state index is 0.197. The van der Waals surface area contributed by atoms with Gasteiger partial charge in [-0.05, 0) is 37.1 Å². The highest BCUT2D eigenvalue weighted by Crippen LogP contribution is 2.27. The molecule has 0 spiro atoms. The van der Waals surface area contributed by atoms with E-state index in [0.717, 1.165) is 12.8 Å². The molecule has 1 aliphatic rings. The van der Waals surface area contributed by atoms with Crippen molar-refractivity contribution in [3.05, 3.63) is 58.1 Å². The molecule has 1 saturated carbocycles. The molecule has 0 radical (unpaired) electrons. The predicted octanol–water partition coefficient (Wildman–Crippen LogP) is 3.90. The van der Waals surface area contributed by atoms with E-state index >= 15 is 0 Å². The van der Waals surface area contributed by atoms with E-state index in [1.165, 1.54) is 6.07 Å². The molecule has 2 N–H and O–H groups in total. The Hall–Kier alpha value is -2.24. The number of carbonyl (C=O) groups is 2. The van der Waals surface area contributed by atoms with Gasteiger partial charge < -0.3 is 15.4 Å². The van der Waals surface area contributed by atoms with Gasteiger partial charge in [0.15, 0.2) is 6.61 Å². The normalized spacial score (nSPS) is 13.2. The van der Waals surface area contributed by atoms with Gasteiger partial charge in [-0.2, -0.15) is 0 Å². The first-order valence-corrected chi connectivity index (χ1v) is 8.56. The summed E-state index contributed by atoms with van der Waals surface area (Å²) < 4.78 is 5.40. The summed E-state index contributed by atoms with van der Waals surface area (Å²) in [7, 11) is 0. The zero-order valence-corrected chi connectivity index (χ0v) is 14.7. The molecule has 0 aliphatic heterocycles. The monoisotopic (exact) mass is 378 g/mol. The van der Waals surface area contributed by atoms with E-state index in [9.17, 15) is 9.59 Å². The molecule has 0 aromatic heterocycles. The fourth-order valence-electron chi connectivity index (χ4n) is 2.20. The van der Waals surface area contributed by atoms with E-state index in [-0.39, 0.29) is 18.6 Å². The van der Waals surface area contributed by atoms with Crippen molar-refractivity contribution in [3.63, 3.8) is 0 Å². The van der Waals surface area contributed by atoms with Crippen LogP contribution in [0.2, 0.25) is 10.0 Å². The molecular formula is C18H16Cl2N2O3. The number of para-hydroxylation sites is 1. The summed E-state index contributed by atoms with van der Waals surface area (Å²) in [4.78, 5) is 24.4. The highest BCUT2D eigenvalue weighted by Gasteiger charge is 2.25. The summed E-state index contributed by atoms with van der Waals surface area (Å²) in [5.74, 6) is -0.274. The van der Waals surface area contributed by atoms with Gasteiger partial charge in [0.1, 0.15) is 5.75 Å². The number of nitrogens with one attached hydrogen (secondary N) is 2. The summed E-state index contributed by atoms with van der Waals surface area (Å²) >= 11 is 11.9. The second-order valence-corrected chi connectivity index (χ2v) is 6.55. The molecule has 0 heterocycles. The minimum atomic E-state index is -0.400. The van der Waals surface area contributed by atoms with Crippen molar-refractivity contribution in [1.29, 1.82) is 0 Å². The lowest BCUT2D eigenvalue weighted by atomic mass is 10.1. The number of hydrogen-bond donors (Lipinski definition) is 2. The second kappa shape index (κ2) is 7.76. The Labute approximate surface area is 155 Å². The van der Waals surface area contributed by atoms with Crippen molar-refractivity contribution >= 4 is 40.7 Å². The summed E-state index contributed by atoms with van der Waals surface area (Å²) in [5.41, 5.74) is 0.856. The van der Waals surface area contributed by atoms with Crippen LogP contribution < -0.4 is 15.4 Å². The maximum absolute atomic E-state index is 12.2. The van der Waals surface area contributed by atoms with Gasteiger partial charge in [0.05, 0.1) is 16.3 Å². The molecule has 0 atom stereocenters. The number of carbonyl (C=O) groups excluding carboxylic acids is 2. The molecule has 2 amide bonds. The van der Waals surface area contributed by atoms with Crippen LogP contribution >= 0.6 is 23.2 Å². The van der Waals surface area contributed by atoms with E-state index in [1.807, 2.05) is 0 Å². The van der Waals surface area contributed by atoms with Crippen molar-refractivity contribution in [2.75, 3.05) is 11.9 Å². The summed E-state index contributed by atoms with van der Waals surface area (Å²) in [6, 6.07) is 11.8. The summed E-state index contributed by atoms with van der Waals surface area (Å²) in [6.45, 7) is -0.251. The smallest absolute Gasteiger partial charge is 0.262 e. The number of anilines is 1. The molecule has 130 valence electrons. The second-order valence-electron chi connectivity index (χ2n) is 5.70. The van der Waals surface area contributed by atoms with Gasteiger partial charge in [-0.15, -0.1) is 0 Å². The van der Waals surface area contributed by atoms with Crippen LogP contribution in [0.15, 0.2) is 42.5 Å². The standard InChI is InChI=1S/C18H16Cl2N2O3/c19-11-5-8-14(20)16(9-11)25-10-17(23)22-15-4-2-1-3-13(15)18(24)21-12-6-7-12/h1-5,8-9,12H,6-7,10H2,(H,21,24)(H,22,23). The molecule has 2 aromatic carbocycles. The van der Waals surface area contributed by atoms with E-state index in [1.54, 1.807) is 36.4 Å². The van der Waals surface area contributed by atoms with Gasteiger partial charge in [-0.1, -0.05) is 35.3 Å². The van der Waals surface area contributed by atoms with Crippen molar-refractivity contribution in [2.24, 2.45) is 0 Å². The Morgan fingerprint density at radius 1 is 1.12 bits per heavy atom. The van der Waals surface area contributed by atoms with Crippen LogP contribution in [0.4, 0.5) is 5.69 Å². The minimum Gasteiger partial charge on any atom is -0.482 e. The lowest BCUT2D eigenvalue weighted by Gasteiger charge is -2.12. The first kappa shape index (κ1) is 17.6. The fraction of sp³-hybridized carbons (Fsp3) is 0.222. The van der Waals surface area contributed by atoms with Gasteiger partial charge in [0.25, 0.3) is 11.8 Å². The van der Waals surface area contributed by atoms with Crippen LogP contribution in [0.25, 0.3) is 0 Å². The molecule has 7 heteroatoms. The number of benzene rings is 2. The topological polar surface area (TPSA) is 67.4 Å². The molecule has 5 nitrogen and oxygen atoms in total. The molecule has 0 bridgehead atoms. The van der Waals surface area contributed by atoms with Crippen LogP contribution in [-0.2, 0) is 4.79 Å². The Morgan fingerprint density at radius 3 is 2.64 bits per heavy atom. The van der Waals surface area contributed by atoms with Gasteiger partial charge in [-0.25, -0.2) is 0 Å². The maximum Gasteiger partial charge on any atom is 0.262 e. The molecule has 1 fully saturated rings. The number of hydrogen-bond acceptors (Lipinski definition) is 3. The third-order valence-electron chi connectivity index (χ3n) is 3.61. The fourth-order valence-corrected chi connectivity index (χ4v) is 2.53. The van der Waals surface area contributed by atoms with Crippen LogP contribution in [0, 0.1) is 0 Å². The number of halogens is 2. The quantitative estimate of drug-likeness (QED) is 0.800. The Kier molecular flexibility index (Phi) is 5.46. The number of rotatable bonds is 6. The Bertz CT molecular complexity index is 807. The van der Waals surface area contributed by atoms with Crippen molar-refractivity contribution in [2.45, 2.75) is 18.9 Å². The lowest BCUT2D eigenvalue weighted by Crippen LogP contribution is -2.28. The van der Waals surface area contributed by atoms with E-state index in [0.29, 0.717) is 27.0 Å². The first-order chi connectivity index (χ1) is 12.0. The van der Waals surface area contributed by atoms with Crippen molar-refractivity contribution in [1.82, 2.24) is 5.32 Å². The van der Waals surface area contributed by atoms with Crippen LogP contribution in [0.3, 0.4) is 0 Å². The van der Waals surface area contributed by atoms with Gasteiger partial charge in [0, 0.05) is 17.1 Å². The van der Waals surface area contributed by atoms with Gasteiger partial charge in [-0.3, -0.25) is 9.59 Å². The van der Waals surface area contributed by atoms with Gasteiger partial charge in [0.2, 0.25) is 0 Å². The molecular weight excluding hydrogens is 363 g/mol. The SMILES string of the molecule is O=C(COc1cc(Cl)ccc1Cl)Nc1ccccc1C(=O)NC1CC1. The summed E-state index contributed by atoms with van der Waals surface area (Å²) in [6.07, 6.45) is 1.99. The zero-order chi connectivity index (χ0) is 17.8. The molecule has 0 unspecified atom stereocenters. The number of ether oxygens (including phenoxy) is 1. The largest absolute Gasteiger partial charge is 0.482 e. The molecule has 0 saturated heterocycles. The first-order valence-electron chi connectivity index (χ1n) is 7.80. The average Bonchev–Trinajstić information content (AvgIpc) is 3.40. The highest BCUT2D eigenvalue weighted by molar-refractivity contribution is 6.34. The van der Waals surface area contributed by atoms with Crippen molar-refractivity contribution < 1.29 is 14.3 Å². The van der Waals surface area contributed by atoms with E-state index in [4.69, 9.17) is 27.9 Å². The Morgan fingerprint density at radius 2 is 1.88 bits per heavy atom. The van der Waals surface area contributed by atoms with Crippen molar-refractivity contribution in [3.8, 4) is 5.75 Å². The zero-order valence-electron chi connectivity index (χ0n) is 13.2. The van der Waals surface area contributed by atoms with Crippen LogP contribution in [-0.4, -0.2) is 24.5 Å². The van der Waals surface area contributed by atoms with Crippen LogP contribution in [0.5, 0.6) is 5.75 Å². The third-order valence-corrected chi connectivity index (χ3v) is 4.16. The molecule has 2 aromatic rings. The molecule has 3 rings (SSSR count). The van der Waals surface area contributed by atoms with E-state index in [2.05, 4.69) is 10.6 Å². The highest BCUT2D eigenvalue weighted by atomic mass is 35.5. The maximum atomic E-state index is 12.2. The summed E-state index contributed by atoms with van der Waals surface area (Å²) in [5, 5.41) is 6.41.